The Balaban J connectivity index is 1.37. The summed E-state index contributed by atoms with van der Waals surface area (Å²) in [5.74, 6) is 0.457. The first-order valence-corrected chi connectivity index (χ1v) is 11.6. The molecule has 8 nitrogen and oxygen atoms in total. The van der Waals surface area contributed by atoms with Crippen molar-refractivity contribution in [3.63, 3.8) is 0 Å². The molecule has 1 amide bonds. The number of anilines is 1. The second-order valence-corrected chi connectivity index (χ2v) is 8.79. The minimum Gasteiger partial charge on any atom is -0.394 e. The SMILES string of the molecule is O=C1c2cc(-c3ccnc(NC4CCOCC4)n3)cn2CCN1[C@H](CO)c1cccc(Cl)c1. The van der Waals surface area contributed by atoms with Crippen LogP contribution in [0.25, 0.3) is 11.3 Å². The molecule has 5 rings (SSSR count). The number of halogens is 1. The van der Waals surface area contributed by atoms with Crippen LogP contribution in [0.3, 0.4) is 0 Å². The van der Waals surface area contributed by atoms with Gasteiger partial charge < -0.3 is 24.6 Å². The summed E-state index contributed by atoms with van der Waals surface area (Å²) in [4.78, 5) is 24.1. The highest BCUT2D eigenvalue weighted by Gasteiger charge is 2.31. The average Bonchev–Trinajstić information content (AvgIpc) is 3.27. The van der Waals surface area contributed by atoms with E-state index in [9.17, 15) is 9.90 Å². The third kappa shape index (κ3) is 4.59. The molecule has 0 radical (unpaired) electrons. The highest BCUT2D eigenvalue weighted by Crippen LogP contribution is 2.30. The molecule has 1 saturated heterocycles. The molecule has 0 unspecified atom stereocenters. The number of amides is 1. The standard InChI is InChI=1S/C24H26ClN5O3/c25-18-3-1-2-16(12-18)22(15-31)30-9-8-29-14-17(13-21(29)23(30)32)20-4-7-26-24(28-20)27-19-5-10-33-11-6-19/h1-4,7,12-14,19,22,31H,5-6,8-11,15H2,(H,26,27,28)/t22-/m1/s1. The first kappa shape index (κ1) is 21.9. The van der Waals surface area contributed by atoms with Crippen LogP contribution in [-0.2, 0) is 11.3 Å². The van der Waals surface area contributed by atoms with E-state index in [4.69, 9.17) is 16.3 Å². The lowest BCUT2D eigenvalue weighted by atomic mass is 10.0. The van der Waals surface area contributed by atoms with Crippen molar-refractivity contribution in [2.75, 3.05) is 31.7 Å². The highest BCUT2D eigenvalue weighted by atomic mass is 35.5. The Morgan fingerprint density at radius 1 is 1.21 bits per heavy atom. The molecule has 2 aromatic heterocycles. The third-order valence-corrected chi connectivity index (χ3v) is 6.48. The van der Waals surface area contributed by atoms with Crippen LogP contribution in [0.2, 0.25) is 5.02 Å². The summed E-state index contributed by atoms with van der Waals surface area (Å²) in [5, 5.41) is 14.0. The predicted octanol–water partition coefficient (Wildman–Crippen LogP) is 3.38. The van der Waals surface area contributed by atoms with E-state index < -0.39 is 6.04 Å². The van der Waals surface area contributed by atoms with Gasteiger partial charge in [0.15, 0.2) is 0 Å². The number of nitrogens with zero attached hydrogens (tertiary/aromatic N) is 4. The fourth-order valence-corrected chi connectivity index (χ4v) is 4.69. The van der Waals surface area contributed by atoms with Crippen LogP contribution in [0.5, 0.6) is 0 Å². The Morgan fingerprint density at radius 2 is 2.06 bits per heavy atom. The van der Waals surface area contributed by atoms with E-state index >= 15 is 0 Å². The number of fused-ring (bicyclic) bond motifs is 1. The topological polar surface area (TPSA) is 92.5 Å². The number of carbonyl (C=O) groups is 1. The van der Waals surface area contributed by atoms with Crippen LogP contribution in [0.1, 0.15) is 34.9 Å². The Kier molecular flexibility index (Phi) is 6.30. The normalized spacial score (nSPS) is 17.6. The smallest absolute Gasteiger partial charge is 0.271 e. The van der Waals surface area contributed by atoms with E-state index in [1.54, 1.807) is 23.2 Å². The van der Waals surface area contributed by atoms with Crippen molar-refractivity contribution in [2.45, 2.75) is 31.5 Å². The summed E-state index contributed by atoms with van der Waals surface area (Å²) in [6.45, 7) is 2.44. The van der Waals surface area contributed by atoms with Gasteiger partial charge in [-0.2, -0.15) is 0 Å². The number of hydrogen-bond donors (Lipinski definition) is 2. The van der Waals surface area contributed by atoms with Crippen LogP contribution >= 0.6 is 11.6 Å². The second kappa shape index (κ2) is 9.51. The van der Waals surface area contributed by atoms with E-state index in [1.165, 1.54) is 0 Å². The number of aliphatic hydroxyl groups excluding tert-OH is 1. The molecule has 3 aromatic rings. The van der Waals surface area contributed by atoms with Crippen LogP contribution in [0.4, 0.5) is 5.95 Å². The molecule has 0 bridgehead atoms. The maximum atomic E-state index is 13.4. The van der Waals surface area contributed by atoms with E-state index in [1.807, 2.05) is 35.0 Å². The number of rotatable bonds is 6. The number of carbonyl (C=O) groups excluding carboxylic acids is 1. The van der Waals surface area contributed by atoms with Crippen LogP contribution < -0.4 is 5.32 Å². The molecule has 33 heavy (non-hydrogen) atoms. The Morgan fingerprint density at radius 3 is 2.85 bits per heavy atom. The van der Waals surface area contributed by atoms with Gasteiger partial charge in [-0.1, -0.05) is 23.7 Å². The van der Waals surface area contributed by atoms with Gasteiger partial charge in [0.2, 0.25) is 5.95 Å². The zero-order chi connectivity index (χ0) is 22.8. The van der Waals surface area contributed by atoms with Gasteiger partial charge in [-0.3, -0.25) is 4.79 Å². The van der Waals surface area contributed by atoms with Crippen molar-refractivity contribution in [3.8, 4) is 11.3 Å². The van der Waals surface area contributed by atoms with Gasteiger partial charge in [0.25, 0.3) is 5.91 Å². The Bertz CT molecular complexity index is 1140. The molecule has 0 saturated carbocycles. The van der Waals surface area contributed by atoms with E-state index in [0.29, 0.717) is 35.8 Å². The van der Waals surface area contributed by atoms with Crippen LogP contribution in [-0.4, -0.2) is 62.9 Å². The largest absolute Gasteiger partial charge is 0.394 e. The maximum absolute atomic E-state index is 13.4. The van der Waals surface area contributed by atoms with E-state index in [2.05, 4.69) is 15.3 Å². The lowest BCUT2D eigenvalue weighted by Gasteiger charge is -2.34. The molecular weight excluding hydrogens is 442 g/mol. The van der Waals surface area contributed by atoms with Crippen molar-refractivity contribution < 1.29 is 14.6 Å². The third-order valence-electron chi connectivity index (χ3n) is 6.25. The van der Waals surface area contributed by atoms with Gasteiger partial charge in [0, 0.05) is 55.3 Å². The number of aliphatic hydroxyl groups is 1. The number of benzene rings is 1. The van der Waals surface area contributed by atoms with E-state index in [-0.39, 0.29) is 12.5 Å². The molecular formula is C24H26ClN5O3. The summed E-state index contributed by atoms with van der Waals surface area (Å²) in [6, 6.07) is 10.8. The summed E-state index contributed by atoms with van der Waals surface area (Å²) in [6.07, 6.45) is 5.54. The van der Waals surface area contributed by atoms with Crippen molar-refractivity contribution in [1.82, 2.24) is 19.4 Å². The molecule has 9 heteroatoms. The molecule has 2 aliphatic heterocycles. The summed E-state index contributed by atoms with van der Waals surface area (Å²) in [7, 11) is 0. The lowest BCUT2D eigenvalue weighted by molar-refractivity contribution is 0.0526. The number of ether oxygens (including phenoxy) is 1. The number of hydrogen-bond acceptors (Lipinski definition) is 6. The summed E-state index contributed by atoms with van der Waals surface area (Å²) in [5.41, 5.74) is 3.02. The van der Waals surface area contributed by atoms with Crippen LogP contribution in [0, 0.1) is 0 Å². The van der Waals surface area contributed by atoms with Crippen molar-refractivity contribution in [3.05, 3.63) is 65.1 Å². The second-order valence-electron chi connectivity index (χ2n) is 8.36. The summed E-state index contributed by atoms with van der Waals surface area (Å²) < 4.78 is 7.37. The van der Waals surface area contributed by atoms with Gasteiger partial charge in [-0.15, -0.1) is 0 Å². The molecule has 172 valence electrons. The fourth-order valence-electron chi connectivity index (χ4n) is 4.49. The monoisotopic (exact) mass is 467 g/mol. The Hall–Kier alpha value is -2.94. The maximum Gasteiger partial charge on any atom is 0.271 e. The highest BCUT2D eigenvalue weighted by molar-refractivity contribution is 6.30. The average molecular weight is 468 g/mol. The zero-order valence-electron chi connectivity index (χ0n) is 18.2. The Labute approximate surface area is 197 Å². The molecule has 2 aliphatic rings. The molecule has 1 fully saturated rings. The predicted molar refractivity (Wildman–Crippen MR) is 125 cm³/mol. The quantitative estimate of drug-likeness (QED) is 0.577. The molecule has 1 aromatic carbocycles. The van der Waals surface area contributed by atoms with Crippen molar-refractivity contribution in [1.29, 1.82) is 0 Å². The van der Waals surface area contributed by atoms with Gasteiger partial charge >= 0.3 is 0 Å². The van der Waals surface area contributed by atoms with Gasteiger partial charge in [0.05, 0.1) is 18.3 Å². The van der Waals surface area contributed by atoms with Crippen molar-refractivity contribution in [2.24, 2.45) is 0 Å². The van der Waals surface area contributed by atoms with Gasteiger partial charge in [0.1, 0.15) is 5.69 Å². The minimum atomic E-state index is -0.447. The zero-order valence-corrected chi connectivity index (χ0v) is 18.9. The number of aromatic nitrogens is 3. The first-order valence-electron chi connectivity index (χ1n) is 11.2. The van der Waals surface area contributed by atoms with Crippen molar-refractivity contribution >= 4 is 23.5 Å². The molecule has 1 atom stereocenters. The molecule has 0 spiro atoms. The van der Waals surface area contributed by atoms with Gasteiger partial charge in [-0.25, -0.2) is 9.97 Å². The molecule has 0 aliphatic carbocycles. The number of nitrogens with one attached hydrogen (secondary N) is 1. The fraction of sp³-hybridized carbons (Fsp3) is 0.375. The first-order chi connectivity index (χ1) is 16.1. The van der Waals surface area contributed by atoms with Gasteiger partial charge in [-0.05, 0) is 42.7 Å². The van der Waals surface area contributed by atoms with E-state index in [0.717, 1.165) is 42.9 Å². The lowest BCUT2D eigenvalue weighted by Crippen LogP contribution is -2.43. The minimum absolute atomic E-state index is 0.124. The van der Waals surface area contributed by atoms with Crippen LogP contribution in [0.15, 0.2) is 48.8 Å². The molecule has 4 heterocycles. The molecule has 2 N–H and O–H groups in total. The summed E-state index contributed by atoms with van der Waals surface area (Å²) >= 11 is 6.14.